The number of hydrogen-bond donors (Lipinski definition) is 2. The second-order valence-corrected chi connectivity index (χ2v) is 4.02. The van der Waals surface area contributed by atoms with Crippen LogP contribution >= 0.6 is 0 Å². The summed E-state index contributed by atoms with van der Waals surface area (Å²) >= 11 is 0. The van der Waals surface area contributed by atoms with E-state index >= 15 is 0 Å². The lowest BCUT2D eigenvalue weighted by Gasteiger charge is -2.16. The van der Waals surface area contributed by atoms with Crippen molar-refractivity contribution in [3.63, 3.8) is 0 Å². The summed E-state index contributed by atoms with van der Waals surface area (Å²) in [7, 11) is 2.02. The number of ether oxygens (including phenoxy) is 1. The summed E-state index contributed by atoms with van der Waals surface area (Å²) in [5.74, 6) is 0.359. The molecule has 2 N–H and O–H groups in total. The Morgan fingerprint density at radius 3 is 2.65 bits per heavy atom. The van der Waals surface area contributed by atoms with Gasteiger partial charge in [0.15, 0.2) is 0 Å². The lowest BCUT2D eigenvalue weighted by Crippen LogP contribution is -2.26. The Bertz CT molecular complexity index is 317. The molecule has 0 bridgehead atoms. The fourth-order valence-corrected chi connectivity index (χ4v) is 1.53. The minimum Gasteiger partial charge on any atom is -0.508 e. The van der Waals surface area contributed by atoms with E-state index in [4.69, 9.17) is 9.84 Å². The van der Waals surface area contributed by atoms with Crippen LogP contribution in [0.3, 0.4) is 0 Å². The highest BCUT2D eigenvalue weighted by atomic mass is 16.5. The van der Waals surface area contributed by atoms with Crippen LogP contribution in [0.2, 0.25) is 0 Å². The number of aliphatic hydroxyl groups is 1. The Balaban J connectivity index is 2.19. The van der Waals surface area contributed by atoms with Crippen LogP contribution in [-0.2, 0) is 11.2 Å². The van der Waals surface area contributed by atoms with Crippen molar-refractivity contribution in [3.05, 3.63) is 29.8 Å². The molecule has 0 saturated carbocycles. The van der Waals surface area contributed by atoms with Gasteiger partial charge in [-0.25, -0.2) is 0 Å². The third-order valence-corrected chi connectivity index (χ3v) is 2.61. The highest BCUT2D eigenvalue weighted by molar-refractivity contribution is 5.31. The van der Waals surface area contributed by atoms with E-state index < -0.39 is 0 Å². The predicted molar refractivity (Wildman–Crippen MR) is 67.2 cm³/mol. The molecule has 0 radical (unpaired) electrons. The minimum atomic E-state index is 0.0710. The zero-order valence-corrected chi connectivity index (χ0v) is 10.3. The number of rotatable bonds is 8. The number of aliphatic hydroxyl groups excluding tert-OH is 1. The molecular formula is C13H21NO3. The molecule has 4 nitrogen and oxygen atoms in total. The van der Waals surface area contributed by atoms with E-state index in [1.165, 1.54) is 0 Å². The molecule has 0 saturated heterocycles. The van der Waals surface area contributed by atoms with Gasteiger partial charge < -0.3 is 19.8 Å². The zero-order valence-electron chi connectivity index (χ0n) is 10.3. The number of phenolic OH excluding ortho intramolecular Hbond substituents is 1. The van der Waals surface area contributed by atoms with Gasteiger partial charge in [-0.15, -0.1) is 0 Å². The first-order chi connectivity index (χ1) is 8.24. The number of aromatic hydroxyl groups is 1. The normalized spacial score (nSPS) is 11.0. The Kier molecular flexibility index (Phi) is 6.62. The first-order valence-corrected chi connectivity index (χ1v) is 5.88. The van der Waals surface area contributed by atoms with Gasteiger partial charge >= 0.3 is 0 Å². The maximum Gasteiger partial charge on any atom is 0.118 e. The largest absolute Gasteiger partial charge is 0.508 e. The van der Waals surface area contributed by atoms with Crippen molar-refractivity contribution in [2.75, 3.05) is 40.0 Å². The first kappa shape index (κ1) is 14.0. The average Bonchev–Trinajstić information content (AvgIpc) is 2.34. The van der Waals surface area contributed by atoms with Gasteiger partial charge in [0.25, 0.3) is 0 Å². The van der Waals surface area contributed by atoms with Crippen LogP contribution in [0.5, 0.6) is 5.75 Å². The molecule has 0 unspecified atom stereocenters. The summed E-state index contributed by atoms with van der Waals surface area (Å²) in [6.45, 7) is 2.79. The number of hydrogen-bond acceptors (Lipinski definition) is 4. The highest BCUT2D eigenvalue weighted by Gasteiger charge is 2.02. The molecule has 0 spiro atoms. The molecular weight excluding hydrogens is 218 g/mol. The number of phenols is 1. The number of para-hydroxylation sites is 1. The van der Waals surface area contributed by atoms with Crippen molar-refractivity contribution in [2.24, 2.45) is 0 Å². The van der Waals surface area contributed by atoms with E-state index in [1.807, 2.05) is 25.2 Å². The van der Waals surface area contributed by atoms with Crippen LogP contribution in [0.4, 0.5) is 0 Å². The van der Waals surface area contributed by atoms with Gasteiger partial charge in [0.1, 0.15) is 5.75 Å². The summed E-state index contributed by atoms with van der Waals surface area (Å²) in [5, 5.41) is 18.1. The molecule has 0 aliphatic carbocycles. The second kappa shape index (κ2) is 8.06. The van der Waals surface area contributed by atoms with Crippen molar-refractivity contribution < 1.29 is 14.9 Å². The van der Waals surface area contributed by atoms with Crippen molar-refractivity contribution >= 4 is 0 Å². The van der Waals surface area contributed by atoms with Crippen LogP contribution in [0.25, 0.3) is 0 Å². The fourth-order valence-electron chi connectivity index (χ4n) is 1.53. The molecule has 4 heteroatoms. The standard InChI is InChI=1S/C13H21NO3/c1-14(8-10-17-11-9-15)7-6-12-4-2-3-5-13(12)16/h2-5,15-16H,6-11H2,1H3. The van der Waals surface area contributed by atoms with Crippen LogP contribution in [0.15, 0.2) is 24.3 Å². The Morgan fingerprint density at radius 2 is 1.94 bits per heavy atom. The smallest absolute Gasteiger partial charge is 0.118 e. The van der Waals surface area contributed by atoms with E-state index in [-0.39, 0.29) is 6.61 Å². The van der Waals surface area contributed by atoms with E-state index in [0.717, 1.165) is 25.1 Å². The van der Waals surface area contributed by atoms with Crippen molar-refractivity contribution in [1.29, 1.82) is 0 Å². The summed E-state index contributed by atoms with van der Waals surface area (Å²) in [6.07, 6.45) is 0.823. The summed E-state index contributed by atoms with van der Waals surface area (Å²) in [4.78, 5) is 2.14. The van der Waals surface area contributed by atoms with Gasteiger partial charge in [0.05, 0.1) is 19.8 Å². The maximum atomic E-state index is 9.60. The van der Waals surface area contributed by atoms with E-state index in [9.17, 15) is 5.11 Å². The number of likely N-dealkylation sites (N-methyl/N-ethyl adjacent to an activating group) is 1. The van der Waals surface area contributed by atoms with Crippen molar-refractivity contribution in [3.8, 4) is 5.75 Å². The van der Waals surface area contributed by atoms with Crippen LogP contribution in [0, 0.1) is 0 Å². The molecule has 0 atom stereocenters. The molecule has 1 aromatic carbocycles. The fraction of sp³-hybridized carbons (Fsp3) is 0.538. The van der Waals surface area contributed by atoms with Crippen LogP contribution < -0.4 is 0 Å². The Labute approximate surface area is 102 Å². The molecule has 0 amide bonds. The predicted octanol–water partition coefficient (Wildman–Crippen LogP) is 0.875. The molecule has 0 heterocycles. The summed E-state index contributed by atoms with van der Waals surface area (Å²) in [6, 6.07) is 7.40. The highest BCUT2D eigenvalue weighted by Crippen LogP contribution is 2.15. The SMILES string of the molecule is CN(CCOCCO)CCc1ccccc1O. The van der Waals surface area contributed by atoms with E-state index in [0.29, 0.717) is 19.0 Å². The molecule has 1 aromatic rings. The van der Waals surface area contributed by atoms with Crippen LogP contribution in [0.1, 0.15) is 5.56 Å². The molecule has 0 aliphatic rings. The first-order valence-electron chi connectivity index (χ1n) is 5.88. The molecule has 0 aliphatic heterocycles. The monoisotopic (exact) mass is 239 g/mol. The Hall–Kier alpha value is -1.10. The number of benzene rings is 1. The van der Waals surface area contributed by atoms with Gasteiger partial charge in [-0.1, -0.05) is 18.2 Å². The summed E-state index contributed by atoms with van der Waals surface area (Å²) in [5.41, 5.74) is 0.968. The number of nitrogens with zero attached hydrogens (tertiary/aromatic N) is 1. The lowest BCUT2D eigenvalue weighted by atomic mass is 10.1. The maximum absolute atomic E-state index is 9.60. The molecule has 17 heavy (non-hydrogen) atoms. The van der Waals surface area contributed by atoms with Gasteiger partial charge in [-0.3, -0.25) is 0 Å². The van der Waals surface area contributed by atoms with E-state index in [2.05, 4.69) is 4.90 Å². The van der Waals surface area contributed by atoms with Crippen LogP contribution in [-0.4, -0.2) is 55.1 Å². The third kappa shape index (κ3) is 5.68. The van der Waals surface area contributed by atoms with Crippen molar-refractivity contribution in [1.82, 2.24) is 4.90 Å². The van der Waals surface area contributed by atoms with E-state index in [1.54, 1.807) is 6.07 Å². The molecule has 0 fully saturated rings. The topological polar surface area (TPSA) is 52.9 Å². The van der Waals surface area contributed by atoms with Gasteiger partial charge in [0.2, 0.25) is 0 Å². The van der Waals surface area contributed by atoms with Crippen molar-refractivity contribution in [2.45, 2.75) is 6.42 Å². The lowest BCUT2D eigenvalue weighted by molar-refractivity contribution is 0.0786. The third-order valence-electron chi connectivity index (χ3n) is 2.61. The minimum absolute atomic E-state index is 0.0710. The van der Waals surface area contributed by atoms with Gasteiger partial charge in [0, 0.05) is 13.1 Å². The van der Waals surface area contributed by atoms with Gasteiger partial charge in [-0.05, 0) is 25.1 Å². The molecule has 0 aromatic heterocycles. The Morgan fingerprint density at radius 1 is 1.18 bits per heavy atom. The second-order valence-electron chi connectivity index (χ2n) is 4.02. The average molecular weight is 239 g/mol. The zero-order chi connectivity index (χ0) is 12.5. The molecule has 96 valence electrons. The quantitative estimate of drug-likeness (QED) is 0.661. The molecule has 1 rings (SSSR count). The summed E-state index contributed by atoms with van der Waals surface area (Å²) < 4.78 is 5.19. The van der Waals surface area contributed by atoms with Gasteiger partial charge in [-0.2, -0.15) is 0 Å².